The Morgan fingerprint density at radius 1 is 0.459 bits per heavy atom. The van der Waals surface area contributed by atoms with Crippen molar-refractivity contribution in [3.8, 4) is 0 Å². The summed E-state index contributed by atoms with van der Waals surface area (Å²) in [7, 11) is 0. The first-order valence-electron chi connectivity index (χ1n) is 16.4. The third kappa shape index (κ3) is 9.60. The number of hydrogen-bond donors (Lipinski definition) is 0. The number of aryl methyl sites for hydroxylation is 3. The van der Waals surface area contributed by atoms with Gasteiger partial charge in [0, 0.05) is 0 Å². The van der Waals surface area contributed by atoms with Crippen LogP contribution in [0.2, 0.25) is 0 Å². The zero-order chi connectivity index (χ0) is 25.7. The minimum atomic E-state index is 0.806. The van der Waals surface area contributed by atoms with Crippen molar-refractivity contribution in [3.05, 3.63) is 70.8 Å². The van der Waals surface area contributed by atoms with Crippen LogP contribution < -0.4 is 0 Å². The van der Waals surface area contributed by atoms with Crippen molar-refractivity contribution < 1.29 is 0 Å². The van der Waals surface area contributed by atoms with Gasteiger partial charge < -0.3 is 0 Å². The van der Waals surface area contributed by atoms with E-state index in [-0.39, 0.29) is 0 Å². The highest BCUT2D eigenvalue weighted by atomic mass is 14.3. The minimum absolute atomic E-state index is 0.806. The van der Waals surface area contributed by atoms with Crippen LogP contribution >= 0.6 is 0 Å². The van der Waals surface area contributed by atoms with Crippen molar-refractivity contribution in [1.82, 2.24) is 0 Å². The van der Waals surface area contributed by atoms with E-state index in [1.54, 1.807) is 11.1 Å². The van der Waals surface area contributed by atoms with Crippen molar-refractivity contribution in [2.24, 2.45) is 17.8 Å². The molecule has 2 aliphatic rings. The predicted octanol–water partition coefficient (Wildman–Crippen LogP) is 11.3. The van der Waals surface area contributed by atoms with Gasteiger partial charge in [-0.1, -0.05) is 133 Å². The van der Waals surface area contributed by atoms with Gasteiger partial charge in [-0.2, -0.15) is 0 Å². The van der Waals surface area contributed by atoms with Crippen LogP contribution in [0.1, 0.15) is 145 Å². The Bertz CT molecular complexity index is 844. The molecule has 4 rings (SSSR count). The zero-order valence-corrected chi connectivity index (χ0v) is 24.4. The van der Waals surface area contributed by atoms with Gasteiger partial charge in [0.25, 0.3) is 0 Å². The van der Waals surface area contributed by atoms with Crippen LogP contribution in [0.25, 0.3) is 0 Å². The lowest BCUT2D eigenvalue weighted by molar-refractivity contribution is 0.249. The highest BCUT2D eigenvalue weighted by Gasteiger charge is 2.22. The van der Waals surface area contributed by atoms with Gasteiger partial charge in [-0.15, -0.1) is 0 Å². The molecule has 2 saturated carbocycles. The van der Waals surface area contributed by atoms with E-state index in [9.17, 15) is 0 Å². The van der Waals surface area contributed by atoms with Crippen molar-refractivity contribution >= 4 is 0 Å². The van der Waals surface area contributed by atoms with E-state index < -0.39 is 0 Å². The molecule has 2 fully saturated rings. The van der Waals surface area contributed by atoms with Gasteiger partial charge in [0.2, 0.25) is 0 Å². The van der Waals surface area contributed by atoms with Gasteiger partial charge >= 0.3 is 0 Å². The van der Waals surface area contributed by atoms with Gasteiger partial charge in [-0.05, 0) is 97.3 Å². The van der Waals surface area contributed by atoms with E-state index in [1.165, 1.54) is 120 Å². The van der Waals surface area contributed by atoms with E-state index >= 15 is 0 Å². The predicted molar refractivity (Wildman–Crippen MR) is 162 cm³/mol. The van der Waals surface area contributed by atoms with E-state index in [2.05, 4.69) is 62.4 Å². The topological polar surface area (TPSA) is 0 Å². The van der Waals surface area contributed by atoms with Gasteiger partial charge in [-0.3, -0.25) is 0 Å². The summed E-state index contributed by atoms with van der Waals surface area (Å²) in [4.78, 5) is 0. The first kappa shape index (κ1) is 28.4. The fraction of sp³-hybridized carbons (Fsp3) is 0.676. The number of hydrogen-bond acceptors (Lipinski definition) is 0. The summed E-state index contributed by atoms with van der Waals surface area (Å²) in [6, 6.07) is 19.3. The molecule has 0 bridgehead atoms. The Hall–Kier alpha value is -1.56. The number of benzene rings is 2. The molecule has 0 radical (unpaired) electrons. The lowest BCUT2D eigenvalue weighted by Gasteiger charge is -2.29. The molecular formula is C37H56. The molecule has 0 nitrogen and oxygen atoms in total. The second-order valence-electron chi connectivity index (χ2n) is 12.8. The molecular weight excluding hydrogens is 444 g/mol. The fourth-order valence-corrected chi connectivity index (χ4v) is 7.26. The van der Waals surface area contributed by atoms with Gasteiger partial charge in [0.1, 0.15) is 0 Å². The van der Waals surface area contributed by atoms with Crippen molar-refractivity contribution in [1.29, 1.82) is 0 Å². The average Bonchev–Trinajstić information content (AvgIpc) is 2.96. The Balaban J connectivity index is 1.13. The van der Waals surface area contributed by atoms with Gasteiger partial charge in [-0.25, -0.2) is 0 Å². The molecule has 0 atom stereocenters. The quantitative estimate of drug-likeness (QED) is 0.226. The molecule has 37 heavy (non-hydrogen) atoms. The molecule has 0 spiro atoms. The van der Waals surface area contributed by atoms with Crippen LogP contribution in [0.15, 0.2) is 48.5 Å². The summed E-state index contributed by atoms with van der Waals surface area (Å²) in [5.74, 6) is 3.82. The Labute approximate surface area is 230 Å². The molecule has 0 aliphatic heterocycles. The third-order valence-electron chi connectivity index (χ3n) is 10.0. The maximum atomic E-state index is 2.44. The van der Waals surface area contributed by atoms with Crippen molar-refractivity contribution in [2.75, 3.05) is 0 Å². The maximum Gasteiger partial charge on any atom is -0.0162 e. The summed E-state index contributed by atoms with van der Waals surface area (Å²) < 4.78 is 0. The van der Waals surface area contributed by atoms with Gasteiger partial charge in [0.05, 0.1) is 0 Å². The fourth-order valence-electron chi connectivity index (χ4n) is 7.26. The molecule has 0 N–H and O–H groups in total. The zero-order valence-electron chi connectivity index (χ0n) is 24.4. The maximum absolute atomic E-state index is 2.44. The van der Waals surface area contributed by atoms with Crippen molar-refractivity contribution in [3.63, 3.8) is 0 Å². The van der Waals surface area contributed by atoms with Crippen LogP contribution in [-0.4, -0.2) is 0 Å². The largest absolute Gasteiger partial charge is 0.0654 e. The smallest absolute Gasteiger partial charge is 0.0162 e. The molecule has 0 heterocycles. The second kappa shape index (κ2) is 15.8. The van der Waals surface area contributed by atoms with Crippen LogP contribution in [0.3, 0.4) is 0 Å². The third-order valence-corrected chi connectivity index (χ3v) is 10.0. The Morgan fingerprint density at radius 2 is 0.892 bits per heavy atom. The van der Waals surface area contributed by atoms with Crippen LogP contribution in [0, 0.1) is 17.8 Å². The lowest BCUT2D eigenvalue weighted by atomic mass is 9.77. The average molecular weight is 501 g/mol. The molecule has 0 unspecified atom stereocenters. The molecule has 0 aromatic heterocycles. The van der Waals surface area contributed by atoms with Crippen molar-refractivity contribution in [2.45, 2.75) is 142 Å². The first-order valence-corrected chi connectivity index (χ1v) is 16.4. The minimum Gasteiger partial charge on any atom is -0.0654 e. The van der Waals surface area contributed by atoms with E-state index in [0.717, 1.165) is 36.5 Å². The molecule has 0 heteroatoms. The normalized spacial score (nSPS) is 24.3. The first-order chi connectivity index (χ1) is 18.2. The molecule has 2 aliphatic carbocycles. The summed E-state index contributed by atoms with van der Waals surface area (Å²) in [6.45, 7) is 4.64. The summed E-state index contributed by atoms with van der Waals surface area (Å²) in [5.41, 5.74) is 6.12. The van der Waals surface area contributed by atoms with Gasteiger partial charge in [0.15, 0.2) is 0 Å². The standard InChI is InChI=1S/C37H56/c1-3-5-7-9-31-10-12-32(13-11-31)14-15-33-16-18-34(19-17-33)20-21-35-24-28-37(29-25-35)36-26-22-30(23-27-36)8-6-4-2/h16-19,24-25,28-32,36H,3-15,20-23,26-27H2,1-2H3. The Morgan fingerprint density at radius 3 is 1.43 bits per heavy atom. The van der Waals surface area contributed by atoms with E-state index in [1.807, 2.05) is 0 Å². The highest BCUT2D eigenvalue weighted by Crippen LogP contribution is 2.38. The Kier molecular flexibility index (Phi) is 12.1. The number of rotatable bonds is 14. The number of unbranched alkanes of at least 4 members (excludes halogenated alkanes) is 3. The van der Waals surface area contributed by atoms with Crippen LogP contribution in [-0.2, 0) is 19.3 Å². The SMILES string of the molecule is CCCCCC1CCC(CCc2ccc(CCc3ccc(C4CCC(CCCC)CC4)cc3)cc2)CC1. The molecule has 0 amide bonds. The molecule has 2 aromatic carbocycles. The second-order valence-corrected chi connectivity index (χ2v) is 12.8. The highest BCUT2D eigenvalue weighted by molar-refractivity contribution is 5.28. The lowest BCUT2D eigenvalue weighted by Crippen LogP contribution is -2.15. The summed E-state index contributed by atoms with van der Waals surface area (Å²) in [5, 5.41) is 0. The van der Waals surface area contributed by atoms with E-state index in [0.29, 0.717) is 0 Å². The summed E-state index contributed by atoms with van der Waals surface area (Å²) in [6.07, 6.45) is 26.6. The van der Waals surface area contributed by atoms with Crippen LogP contribution in [0.5, 0.6) is 0 Å². The molecule has 204 valence electrons. The molecule has 0 saturated heterocycles. The van der Waals surface area contributed by atoms with E-state index in [4.69, 9.17) is 0 Å². The monoisotopic (exact) mass is 500 g/mol. The van der Waals surface area contributed by atoms with Crippen LogP contribution in [0.4, 0.5) is 0 Å². The summed E-state index contributed by atoms with van der Waals surface area (Å²) >= 11 is 0. The molecule has 2 aromatic rings.